The molecule has 3 heteroatoms. The van der Waals surface area contributed by atoms with E-state index in [9.17, 15) is 0 Å². The number of likely N-dealkylation sites (tertiary alicyclic amines) is 1. The topological polar surface area (TPSA) is 18.5 Å². The molecule has 4 atom stereocenters. The highest BCUT2D eigenvalue weighted by Crippen LogP contribution is 2.29. The quantitative estimate of drug-likeness (QED) is 0.803. The van der Waals surface area contributed by atoms with E-state index in [1.165, 1.54) is 38.8 Å². The summed E-state index contributed by atoms with van der Waals surface area (Å²) in [6, 6.07) is 3.02. The maximum absolute atomic E-state index is 3.36. The molecule has 3 nitrogen and oxygen atoms in total. The van der Waals surface area contributed by atoms with Gasteiger partial charge in [0, 0.05) is 30.7 Å². The van der Waals surface area contributed by atoms with Gasteiger partial charge in [-0.3, -0.25) is 9.80 Å². The summed E-state index contributed by atoms with van der Waals surface area (Å²) in [5.41, 5.74) is 0. The molecule has 2 saturated heterocycles. The van der Waals surface area contributed by atoms with Crippen molar-refractivity contribution in [2.75, 3.05) is 27.2 Å². The molecule has 17 heavy (non-hydrogen) atoms. The average molecular weight is 239 g/mol. The van der Waals surface area contributed by atoms with Gasteiger partial charge in [-0.05, 0) is 60.2 Å². The number of hydrogen-bond donors (Lipinski definition) is 1. The van der Waals surface area contributed by atoms with Crippen LogP contribution in [0.1, 0.15) is 39.5 Å². The third kappa shape index (κ3) is 3.01. The lowest BCUT2D eigenvalue weighted by molar-refractivity contribution is 0.167. The number of nitrogens with zero attached hydrogens (tertiary/aromatic N) is 2. The third-order valence-electron chi connectivity index (χ3n) is 4.99. The largest absolute Gasteiger partial charge is 0.317 e. The van der Waals surface area contributed by atoms with Gasteiger partial charge in [-0.25, -0.2) is 0 Å². The molecule has 0 saturated carbocycles. The molecule has 100 valence electrons. The van der Waals surface area contributed by atoms with E-state index < -0.39 is 0 Å². The van der Waals surface area contributed by atoms with Crippen molar-refractivity contribution in [3.05, 3.63) is 0 Å². The van der Waals surface area contributed by atoms with E-state index in [1.807, 2.05) is 0 Å². The van der Waals surface area contributed by atoms with Crippen molar-refractivity contribution < 1.29 is 0 Å². The number of fused-ring (bicyclic) bond motifs is 2. The zero-order valence-corrected chi connectivity index (χ0v) is 11.9. The van der Waals surface area contributed by atoms with Crippen molar-refractivity contribution in [2.45, 2.75) is 63.7 Å². The molecule has 0 amide bonds. The van der Waals surface area contributed by atoms with E-state index >= 15 is 0 Å². The summed E-state index contributed by atoms with van der Waals surface area (Å²) in [6.45, 7) is 7.26. The van der Waals surface area contributed by atoms with Crippen molar-refractivity contribution in [1.29, 1.82) is 0 Å². The van der Waals surface area contributed by atoms with Crippen LogP contribution in [0.4, 0.5) is 0 Å². The molecule has 4 unspecified atom stereocenters. The first-order chi connectivity index (χ1) is 8.11. The van der Waals surface area contributed by atoms with E-state index in [-0.39, 0.29) is 0 Å². The van der Waals surface area contributed by atoms with Crippen LogP contribution in [0.5, 0.6) is 0 Å². The summed E-state index contributed by atoms with van der Waals surface area (Å²) in [5, 5.41) is 3.36. The fourth-order valence-corrected chi connectivity index (χ4v) is 3.51. The zero-order chi connectivity index (χ0) is 12.4. The molecule has 0 aromatic rings. The lowest BCUT2D eigenvalue weighted by atomic mass is 10.0. The predicted molar refractivity (Wildman–Crippen MR) is 73.4 cm³/mol. The van der Waals surface area contributed by atoms with Gasteiger partial charge in [0.25, 0.3) is 0 Å². The molecule has 0 aliphatic carbocycles. The second-order valence-corrected chi connectivity index (χ2v) is 6.11. The Kier molecular flexibility index (Phi) is 4.45. The minimum atomic E-state index is 0.628. The maximum atomic E-state index is 3.36. The van der Waals surface area contributed by atoms with Gasteiger partial charge in [0.05, 0.1) is 0 Å². The van der Waals surface area contributed by atoms with Gasteiger partial charge >= 0.3 is 0 Å². The van der Waals surface area contributed by atoms with Crippen molar-refractivity contribution in [3.63, 3.8) is 0 Å². The average Bonchev–Trinajstić information content (AvgIpc) is 2.52. The normalized spacial score (nSPS) is 34.6. The second kappa shape index (κ2) is 5.68. The van der Waals surface area contributed by atoms with Crippen LogP contribution in [-0.2, 0) is 0 Å². The first-order valence-corrected chi connectivity index (χ1v) is 7.25. The van der Waals surface area contributed by atoms with Crippen LogP contribution in [0, 0.1) is 0 Å². The van der Waals surface area contributed by atoms with Crippen LogP contribution in [-0.4, -0.2) is 61.2 Å². The van der Waals surface area contributed by atoms with E-state index in [0.717, 1.165) is 12.1 Å². The molecule has 2 aliphatic rings. The predicted octanol–water partition coefficient (Wildman–Crippen LogP) is 1.54. The summed E-state index contributed by atoms with van der Waals surface area (Å²) in [7, 11) is 4.39. The molecule has 0 aromatic heterocycles. The van der Waals surface area contributed by atoms with Crippen LogP contribution in [0.3, 0.4) is 0 Å². The van der Waals surface area contributed by atoms with Crippen LogP contribution in [0.2, 0.25) is 0 Å². The molecule has 2 aliphatic heterocycles. The first-order valence-electron chi connectivity index (χ1n) is 7.25. The molecular formula is C14H29N3. The molecule has 2 heterocycles. The Morgan fingerprint density at radius 2 is 1.88 bits per heavy atom. The third-order valence-corrected chi connectivity index (χ3v) is 4.99. The van der Waals surface area contributed by atoms with Crippen LogP contribution in [0.15, 0.2) is 0 Å². The molecule has 0 aromatic carbocycles. The van der Waals surface area contributed by atoms with Gasteiger partial charge in [0.15, 0.2) is 0 Å². The van der Waals surface area contributed by atoms with E-state index in [1.54, 1.807) is 0 Å². The van der Waals surface area contributed by atoms with Crippen LogP contribution < -0.4 is 5.32 Å². The highest BCUT2D eigenvalue weighted by molar-refractivity contribution is 4.92. The summed E-state index contributed by atoms with van der Waals surface area (Å²) in [5.74, 6) is 0. The molecule has 0 spiro atoms. The zero-order valence-electron chi connectivity index (χ0n) is 11.9. The second-order valence-electron chi connectivity index (χ2n) is 6.11. The van der Waals surface area contributed by atoms with Gasteiger partial charge in [-0.15, -0.1) is 0 Å². The van der Waals surface area contributed by atoms with Gasteiger partial charge in [-0.1, -0.05) is 0 Å². The van der Waals surface area contributed by atoms with Crippen LogP contribution >= 0.6 is 0 Å². The number of rotatable bonds is 4. The summed E-state index contributed by atoms with van der Waals surface area (Å²) in [4.78, 5) is 5.35. The maximum Gasteiger partial charge on any atom is 0.0223 e. The summed E-state index contributed by atoms with van der Waals surface area (Å²) >= 11 is 0. The highest BCUT2D eigenvalue weighted by Gasteiger charge is 2.35. The minimum absolute atomic E-state index is 0.628. The Morgan fingerprint density at radius 3 is 2.59 bits per heavy atom. The first kappa shape index (κ1) is 13.3. The van der Waals surface area contributed by atoms with Gasteiger partial charge < -0.3 is 5.32 Å². The molecular weight excluding hydrogens is 210 g/mol. The van der Waals surface area contributed by atoms with Gasteiger partial charge in [-0.2, -0.15) is 0 Å². The SMILES string of the molecule is CNC(C)CC(C)N1CCC2CCC(C1)N2C. The Morgan fingerprint density at radius 1 is 1.18 bits per heavy atom. The molecule has 2 fully saturated rings. The molecule has 1 N–H and O–H groups in total. The number of hydrogen-bond acceptors (Lipinski definition) is 3. The lowest BCUT2D eigenvalue weighted by Crippen LogP contribution is -2.43. The van der Waals surface area contributed by atoms with E-state index in [0.29, 0.717) is 12.1 Å². The Labute approximate surface area is 107 Å². The van der Waals surface area contributed by atoms with Crippen molar-refractivity contribution in [3.8, 4) is 0 Å². The van der Waals surface area contributed by atoms with Crippen molar-refractivity contribution >= 4 is 0 Å². The molecule has 2 rings (SSSR count). The van der Waals surface area contributed by atoms with Crippen molar-refractivity contribution in [1.82, 2.24) is 15.1 Å². The fourth-order valence-electron chi connectivity index (χ4n) is 3.51. The summed E-state index contributed by atoms with van der Waals surface area (Å²) < 4.78 is 0. The Hall–Kier alpha value is -0.120. The van der Waals surface area contributed by atoms with E-state index in [4.69, 9.17) is 0 Å². The van der Waals surface area contributed by atoms with Gasteiger partial charge in [0.2, 0.25) is 0 Å². The van der Waals surface area contributed by atoms with Gasteiger partial charge in [0.1, 0.15) is 0 Å². The van der Waals surface area contributed by atoms with E-state index in [2.05, 4.69) is 43.1 Å². The fraction of sp³-hybridized carbons (Fsp3) is 1.00. The molecule has 2 bridgehead atoms. The molecule has 0 radical (unpaired) electrons. The minimum Gasteiger partial charge on any atom is -0.317 e. The van der Waals surface area contributed by atoms with Crippen LogP contribution in [0.25, 0.3) is 0 Å². The summed E-state index contributed by atoms with van der Waals surface area (Å²) in [6.07, 6.45) is 5.46. The Balaban J connectivity index is 1.89. The highest BCUT2D eigenvalue weighted by atomic mass is 15.3. The van der Waals surface area contributed by atoms with Crippen molar-refractivity contribution in [2.24, 2.45) is 0 Å². The smallest absolute Gasteiger partial charge is 0.0223 e. The monoisotopic (exact) mass is 239 g/mol. The lowest BCUT2D eigenvalue weighted by Gasteiger charge is -2.32. The standard InChI is InChI=1S/C14H29N3/c1-11(15-3)9-12(2)17-8-7-13-5-6-14(10-17)16(13)4/h11-15H,5-10H2,1-4H3. The number of nitrogens with one attached hydrogen (secondary N) is 1. The Bertz CT molecular complexity index is 244. The number of likely N-dealkylation sites (N-methyl/N-ethyl adjacent to an activating group) is 1.